The number of carbonyl (C=O) groups is 1. The van der Waals surface area contributed by atoms with E-state index < -0.39 is 12.1 Å². The fraction of sp³-hybridized carbons (Fsp3) is 0.125. The maximum Gasteiger partial charge on any atom is 0.414 e. The highest BCUT2D eigenvalue weighted by Crippen LogP contribution is 2.41. The number of pyridine rings is 2. The second-order valence-corrected chi connectivity index (χ2v) is 8.04. The van der Waals surface area contributed by atoms with Gasteiger partial charge in [-0.05, 0) is 29.8 Å². The topological polar surface area (TPSA) is 67.3 Å². The summed E-state index contributed by atoms with van der Waals surface area (Å²) in [5.41, 5.74) is 1.94. The molecule has 0 spiro atoms. The van der Waals surface area contributed by atoms with E-state index in [2.05, 4.69) is 15.3 Å². The third-order valence-electron chi connectivity index (χ3n) is 4.87. The lowest BCUT2D eigenvalue weighted by molar-refractivity contribution is 0.172. The van der Waals surface area contributed by atoms with Crippen molar-refractivity contribution in [1.82, 2.24) is 14.9 Å². The zero-order valence-electron chi connectivity index (χ0n) is 17.4. The van der Waals surface area contributed by atoms with Gasteiger partial charge >= 0.3 is 6.09 Å². The zero-order valence-corrected chi connectivity index (χ0v) is 18.9. The van der Waals surface area contributed by atoms with Crippen LogP contribution in [0.1, 0.15) is 17.2 Å². The van der Waals surface area contributed by atoms with E-state index in [1.54, 1.807) is 32.6 Å². The van der Waals surface area contributed by atoms with Crippen LogP contribution in [0, 0.1) is 0 Å². The van der Waals surface area contributed by atoms with Crippen molar-refractivity contribution in [1.29, 1.82) is 0 Å². The van der Waals surface area contributed by atoms with Crippen LogP contribution >= 0.6 is 23.2 Å². The lowest BCUT2D eigenvalue weighted by Gasteiger charge is -2.25. The van der Waals surface area contributed by atoms with Gasteiger partial charge in [0.2, 0.25) is 0 Å². The van der Waals surface area contributed by atoms with E-state index in [0.717, 1.165) is 5.39 Å². The third kappa shape index (κ3) is 4.47. The number of benzene rings is 2. The smallest absolute Gasteiger partial charge is 0.407 e. The number of fused-ring (bicyclic) bond motifs is 1. The Morgan fingerprint density at radius 3 is 2.50 bits per heavy atom. The van der Waals surface area contributed by atoms with E-state index in [9.17, 15) is 4.79 Å². The summed E-state index contributed by atoms with van der Waals surface area (Å²) >= 11 is 12.9. The maximum atomic E-state index is 12.5. The van der Waals surface area contributed by atoms with Gasteiger partial charge in [0.25, 0.3) is 0 Å². The first-order chi connectivity index (χ1) is 15.5. The van der Waals surface area contributed by atoms with Gasteiger partial charge in [0.1, 0.15) is 11.3 Å². The number of nitrogens with zero attached hydrogens (tertiary/aromatic N) is 3. The Morgan fingerprint density at radius 2 is 1.75 bits per heavy atom. The van der Waals surface area contributed by atoms with Crippen molar-refractivity contribution in [2.75, 3.05) is 19.4 Å². The molecule has 1 amide bonds. The third-order valence-corrected chi connectivity index (χ3v) is 5.71. The zero-order chi connectivity index (χ0) is 22.7. The molecule has 2 heterocycles. The summed E-state index contributed by atoms with van der Waals surface area (Å²) in [6.07, 6.45) is 2.83. The summed E-state index contributed by atoms with van der Waals surface area (Å²) in [7, 11) is 3.25. The maximum absolute atomic E-state index is 12.5. The van der Waals surface area contributed by atoms with Crippen molar-refractivity contribution in [2.45, 2.75) is 6.04 Å². The molecule has 0 aliphatic heterocycles. The molecule has 0 saturated heterocycles. The second-order valence-electron chi connectivity index (χ2n) is 7.26. The van der Waals surface area contributed by atoms with Crippen molar-refractivity contribution in [3.63, 3.8) is 0 Å². The van der Waals surface area contributed by atoms with E-state index >= 15 is 0 Å². The van der Waals surface area contributed by atoms with Crippen LogP contribution < -0.4 is 10.1 Å². The number of halogens is 2. The van der Waals surface area contributed by atoms with Crippen LogP contribution in [0.15, 0.2) is 73.1 Å². The summed E-state index contributed by atoms with van der Waals surface area (Å²) < 4.78 is 5.82. The molecule has 0 bridgehead atoms. The van der Waals surface area contributed by atoms with E-state index in [-0.39, 0.29) is 0 Å². The quantitative estimate of drug-likeness (QED) is 0.379. The molecule has 2 aromatic heterocycles. The van der Waals surface area contributed by atoms with Crippen LogP contribution in [-0.2, 0) is 0 Å². The molecule has 8 heteroatoms. The molecule has 0 saturated carbocycles. The highest BCUT2D eigenvalue weighted by atomic mass is 35.5. The van der Waals surface area contributed by atoms with Gasteiger partial charge in [-0.15, -0.1) is 0 Å². The van der Waals surface area contributed by atoms with Gasteiger partial charge in [-0.25, -0.2) is 9.78 Å². The molecular weight excluding hydrogens is 447 g/mol. The number of aromatic nitrogens is 2. The number of nitrogens with one attached hydrogen (secondary N) is 1. The van der Waals surface area contributed by atoms with Crippen LogP contribution in [0.25, 0.3) is 10.9 Å². The van der Waals surface area contributed by atoms with Crippen LogP contribution in [0.2, 0.25) is 10.0 Å². The first-order valence-corrected chi connectivity index (χ1v) is 10.6. The fourth-order valence-electron chi connectivity index (χ4n) is 3.31. The van der Waals surface area contributed by atoms with Crippen LogP contribution in [0.3, 0.4) is 0 Å². The molecule has 4 aromatic rings. The second kappa shape index (κ2) is 9.42. The summed E-state index contributed by atoms with van der Waals surface area (Å²) in [6.45, 7) is 0. The first-order valence-electron chi connectivity index (χ1n) is 9.84. The predicted octanol–water partition coefficient (Wildman–Crippen LogP) is 6.20. The molecule has 1 N–H and O–H groups in total. The fourth-order valence-corrected chi connectivity index (χ4v) is 3.73. The van der Waals surface area contributed by atoms with E-state index in [4.69, 9.17) is 27.9 Å². The highest BCUT2D eigenvalue weighted by Gasteiger charge is 2.26. The van der Waals surface area contributed by atoms with Crippen molar-refractivity contribution in [2.24, 2.45) is 0 Å². The average Bonchev–Trinajstić information content (AvgIpc) is 2.80. The number of carbonyl (C=O) groups excluding carboxylic acids is 1. The Balaban J connectivity index is 1.94. The van der Waals surface area contributed by atoms with Gasteiger partial charge in [0, 0.05) is 37.4 Å². The van der Waals surface area contributed by atoms with Crippen molar-refractivity contribution >= 4 is 46.0 Å². The monoisotopic (exact) mass is 466 g/mol. The Hall–Kier alpha value is -3.35. The standard InChI is InChI=1S/C24H20Cl2N4O2/c1-30(2)24(31)32-23-17(12-11-15-7-6-14-28-21(15)23)22(29-19-10-3-4-13-27-19)16-8-5-9-18(25)20(16)26/h3-14,22H,1-2H3,(H,27,29). The lowest BCUT2D eigenvalue weighted by Crippen LogP contribution is -2.26. The number of anilines is 1. The van der Waals surface area contributed by atoms with Crippen LogP contribution in [0.4, 0.5) is 10.6 Å². The molecule has 2 aromatic carbocycles. The van der Waals surface area contributed by atoms with Crippen molar-refractivity contribution in [3.05, 3.63) is 94.2 Å². The molecule has 0 radical (unpaired) electrons. The Labute approximate surface area is 195 Å². The molecule has 6 nitrogen and oxygen atoms in total. The molecule has 0 fully saturated rings. The summed E-state index contributed by atoms with van der Waals surface area (Å²) in [5.74, 6) is 0.964. The molecule has 1 unspecified atom stereocenters. The van der Waals surface area contributed by atoms with Crippen molar-refractivity contribution in [3.8, 4) is 5.75 Å². The van der Waals surface area contributed by atoms with Gasteiger partial charge in [-0.3, -0.25) is 4.98 Å². The summed E-state index contributed by atoms with van der Waals surface area (Å²) in [4.78, 5) is 22.8. The number of hydrogen-bond donors (Lipinski definition) is 1. The minimum absolute atomic E-state index is 0.339. The highest BCUT2D eigenvalue weighted by molar-refractivity contribution is 6.42. The van der Waals surface area contributed by atoms with Gasteiger partial charge in [-0.1, -0.05) is 59.6 Å². The Kier molecular flexibility index (Phi) is 6.44. The number of hydrogen-bond acceptors (Lipinski definition) is 5. The van der Waals surface area contributed by atoms with Crippen LogP contribution in [0.5, 0.6) is 5.75 Å². The summed E-state index contributed by atoms with van der Waals surface area (Å²) in [6, 6.07) is 18.0. The molecule has 4 rings (SSSR count). The molecule has 0 aliphatic rings. The van der Waals surface area contributed by atoms with Gasteiger partial charge in [-0.2, -0.15) is 0 Å². The number of rotatable bonds is 5. The number of ether oxygens (including phenoxy) is 1. The van der Waals surface area contributed by atoms with Gasteiger partial charge in [0.05, 0.1) is 16.1 Å². The molecule has 32 heavy (non-hydrogen) atoms. The predicted molar refractivity (Wildman–Crippen MR) is 128 cm³/mol. The van der Waals surface area contributed by atoms with E-state index in [1.165, 1.54) is 4.90 Å². The Morgan fingerprint density at radius 1 is 0.938 bits per heavy atom. The lowest BCUT2D eigenvalue weighted by atomic mass is 9.96. The van der Waals surface area contributed by atoms with E-state index in [0.29, 0.717) is 38.3 Å². The number of amides is 1. The minimum Gasteiger partial charge on any atom is -0.407 e. The largest absolute Gasteiger partial charge is 0.414 e. The SMILES string of the molecule is CN(C)C(=O)Oc1c(C(Nc2ccccn2)c2cccc(Cl)c2Cl)ccc2cccnc12. The normalized spacial score (nSPS) is 11.8. The molecule has 0 aliphatic carbocycles. The summed E-state index contributed by atoms with van der Waals surface area (Å²) in [5, 5.41) is 5.06. The van der Waals surface area contributed by atoms with Gasteiger partial charge < -0.3 is 15.0 Å². The van der Waals surface area contributed by atoms with E-state index in [1.807, 2.05) is 54.6 Å². The van der Waals surface area contributed by atoms with Crippen LogP contribution in [-0.4, -0.2) is 35.1 Å². The van der Waals surface area contributed by atoms with Crippen molar-refractivity contribution < 1.29 is 9.53 Å². The molecule has 162 valence electrons. The van der Waals surface area contributed by atoms with Gasteiger partial charge in [0.15, 0.2) is 5.75 Å². The molecular formula is C24H20Cl2N4O2. The Bertz CT molecular complexity index is 1270. The average molecular weight is 467 g/mol. The first kappa shape index (κ1) is 21.9. The minimum atomic E-state index is -0.521. The molecule has 1 atom stereocenters.